The summed E-state index contributed by atoms with van der Waals surface area (Å²) in [6.45, 7) is 8.85. The van der Waals surface area contributed by atoms with Gasteiger partial charge in [-0.2, -0.15) is 0 Å². The van der Waals surface area contributed by atoms with Crippen molar-refractivity contribution in [3.8, 4) is 0 Å². The molecule has 0 radical (unpaired) electrons. The largest absolute Gasteiger partial charge is 0.355 e. The molecule has 6 heteroatoms. The minimum Gasteiger partial charge on any atom is -0.355 e. The Morgan fingerprint density at radius 1 is 1.16 bits per heavy atom. The van der Waals surface area contributed by atoms with Crippen LogP contribution in [0.15, 0.2) is 53.5 Å². The van der Waals surface area contributed by atoms with Gasteiger partial charge in [-0.15, -0.1) is 0 Å². The SMILES string of the molecule is CC[C@H](C)[C@@H]1N=C(c2ccccc2)c2cc(Cl)ccc2N(CC(=O)NCCC(C)C)C1=O. The molecular formula is C26H32ClN3O2. The highest BCUT2D eigenvalue weighted by Crippen LogP contribution is 2.32. The van der Waals surface area contributed by atoms with Crippen molar-refractivity contribution in [2.75, 3.05) is 18.0 Å². The molecule has 170 valence electrons. The third kappa shape index (κ3) is 5.57. The van der Waals surface area contributed by atoms with E-state index in [1.165, 1.54) is 0 Å². The van der Waals surface area contributed by atoms with E-state index in [1.807, 2.05) is 56.3 Å². The highest BCUT2D eigenvalue weighted by molar-refractivity contribution is 6.32. The third-order valence-corrected chi connectivity index (χ3v) is 6.10. The lowest BCUT2D eigenvalue weighted by atomic mass is 9.98. The molecule has 2 amide bonds. The van der Waals surface area contributed by atoms with Crippen LogP contribution in [0, 0.1) is 11.8 Å². The first-order chi connectivity index (χ1) is 15.3. The first-order valence-corrected chi connectivity index (χ1v) is 11.7. The highest BCUT2D eigenvalue weighted by Gasteiger charge is 2.35. The second kappa shape index (κ2) is 10.8. The number of anilines is 1. The van der Waals surface area contributed by atoms with Gasteiger partial charge < -0.3 is 10.2 Å². The topological polar surface area (TPSA) is 61.8 Å². The summed E-state index contributed by atoms with van der Waals surface area (Å²) >= 11 is 6.36. The number of carbonyl (C=O) groups is 2. The number of aliphatic imine (C=N–C) groups is 1. The zero-order chi connectivity index (χ0) is 23.3. The maximum absolute atomic E-state index is 13.7. The second-order valence-corrected chi connectivity index (χ2v) is 9.23. The number of nitrogens with zero attached hydrogens (tertiary/aromatic N) is 2. The number of benzene rings is 2. The maximum Gasteiger partial charge on any atom is 0.252 e. The summed E-state index contributed by atoms with van der Waals surface area (Å²) in [7, 11) is 0. The van der Waals surface area contributed by atoms with E-state index in [2.05, 4.69) is 19.2 Å². The Hall–Kier alpha value is -2.66. The minimum atomic E-state index is -0.579. The molecule has 3 rings (SSSR count). The Morgan fingerprint density at radius 2 is 1.88 bits per heavy atom. The monoisotopic (exact) mass is 453 g/mol. The molecule has 2 atom stereocenters. The molecule has 2 aromatic carbocycles. The Morgan fingerprint density at radius 3 is 2.53 bits per heavy atom. The highest BCUT2D eigenvalue weighted by atomic mass is 35.5. The Bertz CT molecular complexity index is 988. The van der Waals surface area contributed by atoms with Crippen molar-refractivity contribution in [3.05, 3.63) is 64.7 Å². The standard InChI is InChI=1S/C26H32ClN3O2/c1-5-18(4)24-26(32)30(16-23(31)28-14-13-17(2)3)22-12-11-20(27)15-21(22)25(29-24)19-9-7-6-8-10-19/h6-12,15,17-18,24H,5,13-14,16H2,1-4H3,(H,28,31)/t18-,24-/m0/s1. The van der Waals surface area contributed by atoms with Crippen molar-refractivity contribution in [2.24, 2.45) is 16.8 Å². The Labute approximate surface area is 195 Å². The van der Waals surface area contributed by atoms with Gasteiger partial charge in [0.05, 0.1) is 11.4 Å². The fourth-order valence-electron chi connectivity index (χ4n) is 3.76. The van der Waals surface area contributed by atoms with Gasteiger partial charge >= 0.3 is 0 Å². The quantitative estimate of drug-likeness (QED) is 0.604. The molecule has 1 heterocycles. The number of carbonyl (C=O) groups excluding carboxylic acids is 2. The van der Waals surface area contributed by atoms with Crippen molar-refractivity contribution in [3.63, 3.8) is 0 Å². The Balaban J connectivity index is 2.06. The average Bonchev–Trinajstić information content (AvgIpc) is 2.88. The molecule has 32 heavy (non-hydrogen) atoms. The molecule has 0 aromatic heterocycles. The zero-order valence-electron chi connectivity index (χ0n) is 19.3. The summed E-state index contributed by atoms with van der Waals surface area (Å²) in [5.41, 5.74) is 3.06. The molecule has 1 N–H and O–H groups in total. The molecule has 0 aliphatic carbocycles. The number of halogens is 1. The van der Waals surface area contributed by atoms with Gasteiger partial charge in [-0.25, -0.2) is 0 Å². The normalized spacial score (nSPS) is 16.9. The van der Waals surface area contributed by atoms with E-state index < -0.39 is 6.04 Å². The predicted molar refractivity (Wildman–Crippen MR) is 132 cm³/mol. The van der Waals surface area contributed by atoms with E-state index >= 15 is 0 Å². The number of nitrogens with one attached hydrogen (secondary N) is 1. The van der Waals surface area contributed by atoms with Gasteiger partial charge in [-0.1, -0.05) is 76.0 Å². The van der Waals surface area contributed by atoms with E-state index in [1.54, 1.807) is 11.0 Å². The summed E-state index contributed by atoms with van der Waals surface area (Å²) in [5, 5.41) is 3.51. The van der Waals surface area contributed by atoms with Gasteiger partial charge in [0.25, 0.3) is 5.91 Å². The first kappa shape index (κ1) is 24.0. The van der Waals surface area contributed by atoms with E-state index in [0.717, 1.165) is 29.7 Å². The van der Waals surface area contributed by atoms with Crippen molar-refractivity contribution < 1.29 is 9.59 Å². The molecule has 2 aromatic rings. The number of hydrogen-bond acceptors (Lipinski definition) is 3. The summed E-state index contributed by atoms with van der Waals surface area (Å²) in [5.74, 6) is 0.186. The van der Waals surface area contributed by atoms with Crippen molar-refractivity contribution in [1.82, 2.24) is 5.32 Å². The van der Waals surface area contributed by atoms with Crippen LogP contribution in [0.4, 0.5) is 5.69 Å². The molecular weight excluding hydrogens is 422 g/mol. The van der Waals surface area contributed by atoms with Crippen molar-refractivity contribution in [1.29, 1.82) is 0 Å². The zero-order valence-corrected chi connectivity index (χ0v) is 20.0. The maximum atomic E-state index is 13.7. The van der Waals surface area contributed by atoms with E-state index in [-0.39, 0.29) is 24.3 Å². The van der Waals surface area contributed by atoms with Crippen molar-refractivity contribution in [2.45, 2.75) is 46.6 Å². The van der Waals surface area contributed by atoms with Crippen LogP contribution < -0.4 is 10.2 Å². The van der Waals surface area contributed by atoms with Gasteiger partial charge in [-0.3, -0.25) is 14.6 Å². The van der Waals surface area contributed by atoms with E-state index in [0.29, 0.717) is 23.2 Å². The third-order valence-electron chi connectivity index (χ3n) is 5.87. The molecule has 0 saturated carbocycles. The number of amides is 2. The van der Waals surface area contributed by atoms with Crippen LogP contribution >= 0.6 is 11.6 Å². The lowest BCUT2D eigenvalue weighted by molar-refractivity contribution is -0.125. The van der Waals surface area contributed by atoms with Crippen LogP contribution in [0.25, 0.3) is 0 Å². The summed E-state index contributed by atoms with van der Waals surface area (Å²) in [6.07, 6.45) is 1.69. The van der Waals surface area contributed by atoms with Crippen molar-refractivity contribution >= 4 is 34.8 Å². The number of rotatable bonds is 8. The van der Waals surface area contributed by atoms with Gasteiger partial charge in [0.1, 0.15) is 12.6 Å². The molecule has 1 aliphatic rings. The summed E-state index contributed by atoms with van der Waals surface area (Å²) in [6, 6.07) is 14.6. The fraction of sp³-hybridized carbons (Fsp3) is 0.423. The molecule has 5 nitrogen and oxygen atoms in total. The van der Waals surface area contributed by atoms with E-state index in [4.69, 9.17) is 16.6 Å². The summed E-state index contributed by atoms with van der Waals surface area (Å²) < 4.78 is 0. The Kier molecular flexibility index (Phi) is 8.08. The molecule has 0 fully saturated rings. The minimum absolute atomic E-state index is 0.0255. The average molecular weight is 454 g/mol. The van der Waals surface area contributed by atoms with Crippen LogP contribution in [0.1, 0.15) is 51.7 Å². The molecule has 0 unspecified atom stereocenters. The van der Waals surface area contributed by atoms with Crippen LogP contribution in [-0.2, 0) is 9.59 Å². The fourth-order valence-corrected chi connectivity index (χ4v) is 3.93. The van der Waals surface area contributed by atoms with Crippen LogP contribution in [-0.4, -0.2) is 36.7 Å². The molecule has 0 saturated heterocycles. The predicted octanol–water partition coefficient (Wildman–Crippen LogP) is 5.10. The van der Waals surface area contributed by atoms with Crippen LogP contribution in [0.2, 0.25) is 5.02 Å². The van der Waals surface area contributed by atoms with Crippen LogP contribution in [0.5, 0.6) is 0 Å². The smallest absolute Gasteiger partial charge is 0.252 e. The molecule has 0 spiro atoms. The first-order valence-electron chi connectivity index (χ1n) is 11.3. The number of hydrogen-bond donors (Lipinski definition) is 1. The molecule has 0 bridgehead atoms. The number of benzodiazepines with no additional fused rings is 1. The van der Waals surface area contributed by atoms with E-state index in [9.17, 15) is 9.59 Å². The summed E-state index contributed by atoms with van der Waals surface area (Å²) in [4.78, 5) is 33.0. The van der Waals surface area contributed by atoms with Crippen LogP contribution in [0.3, 0.4) is 0 Å². The van der Waals surface area contributed by atoms with Gasteiger partial charge in [-0.05, 0) is 36.5 Å². The van der Waals surface area contributed by atoms with Gasteiger partial charge in [0.15, 0.2) is 0 Å². The van der Waals surface area contributed by atoms with Gasteiger partial charge in [0.2, 0.25) is 5.91 Å². The second-order valence-electron chi connectivity index (χ2n) is 8.79. The number of fused-ring (bicyclic) bond motifs is 1. The molecule has 1 aliphatic heterocycles. The van der Waals surface area contributed by atoms with Gasteiger partial charge in [0, 0.05) is 22.7 Å². The lowest BCUT2D eigenvalue weighted by Crippen LogP contribution is -2.46. The lowest BCUT2D eigenvalue weighted by Gasteiger charge is -2.26.